The molecule has 6 rings (SSSR count). The van der Waals surface area contributed by atoms with Crippen molar-refractivity contribution >= 4 is 17.5 Å². The Kier molecular flexibility index (Phi) is 4.98. The summed E-state index contributed by atoms with van der Waals surface area (Å²) < 4.78 is 3.96. The van der Waals surface area contributed by atoms with Crippen molar-refractivity contribution in [2.75, 3.05) is 5.32 Å². The standard InChI is InChI=1S/C27H29N7O/c1-5-34-27(30-23-12-21-17(4)29-26(35)22(21)11-16(23)3)31-25(32-34)20-9-8-19(10-15(20)2)33-13-24(28-14-33)18-6-7-18/h8-14,17-18H,5-7H2,1-4H3,(H,29,35)(H,30,31,32). The number of aromatic nitrogens is 5. The van der Waals surface area contributed by atoms with Crippen LogP contribution in [0, 0.1) is 13.8 Å². The minimum atomic E-state index is -0.0143. The Morgan fingerprint density at radius 1 is 1.11 bits per heavy atom. The molecule has 0 saturated heterocycles. The fourth-order valence-electron chi connectivity index (χ4n) is 4.78. The van der Waals surface area contributed by atoms with Gasteiger partial charge in [-0.05, 0) is 87.6 Å². The minimum Gasteiger partial charge on any atom is -0.345 e. The summed E-state index contributed by atoms with van der Waals surface area (Å²) in [6.07, 6.45) is 6.53. The Morgan fingerprint density at radius 3 is 2.69 bits per heavy atom. The van der Waals surface area contributed by atoms with Crippen molar-refractivity contribution in [2.24, 2.45) is 0 Å². The summed E-state index contributed by atoms with van der Waals surface area (Å²) in [6, 6.07) is 10.3. The largest absolute Gasteiger partial charge is 0.345 e. The molecule has 35 heavy (non-hydrogen) atoms. The van der Waals surface area contributed by atoms with Gasteiger partial charge in [-0.15, -0.1) is 5.10 Å². The predicted molar refractivity (Wildman–Crippen MR) is 135 cm³/mol. The van der Waals surface area contributed by atoms with Gasteiger partial charge in [0.25, 0.3) is 5.91 Å². The van der Waals surface area contributed by atoms with Crippen LogP contribution in [0.4, 0.5) is 11.6 Å². The molecule has 1 aliphatic carbocycles. The molecule has 0 bridgehead atoms. The molecular weight excluding hydrogens is 438 g/mol. The fourth-order valence-corrected chi connectivity index (χ4v) is 4.78. The number of carbonyl (C=O) groups excluding carboxylic acids is 1. The summed E-state index contributed by atoms with van der Waals surface area (Å²) in [5, 5.41) is 11.2. The number of anilines is 2. The molecule has 1 amide bonds. The second-order valence-corrected chi connectivity index (χ2v) is 9.63. The van der Waals surface area contributed by atoms with E-state index in [0.29, 0.717) is 24.2 Å². The van der Waals surface area contributed by atoms with E-state index in [4.69, 9.17) is 10.1 Å². The molecule has 1 aliphatic heterocycles. The Balaban J connectivity index is 1.30. The molecule has 3 heterocycles. The van der Waals surface area contributed by atoms with Gasteiger partial charge in [-0.1, -0.05) is 0 Å². The van der Waals surface area contributed by atoms with E-state index in [1.54, 1.807) is 0 Å². The molecule has 0 spiro atoms. The van der Waals surface area contributed by atoms with Gasteiger partial charge in [0, 0.05) is 41.2 Å². The first kappa shape index (κ1) is 21.6. The van der Waals surface area contributed by atoms with Crippen molar-refractivity contribution in [3.63, 3.8) is 0 Å². The van der Waals surface area contributed by atoms with Gasteiger partial charge in [0.05, 0.1) is 18.1 Å². The number of nitrogens with one attached hydrogen (secondary N) is 2. The lowest BCUT2D eigenvalue weighted by atomic mass is 10.0. The van der Waals surface area contributed by atoms with E-state index < -0.39 is 0 Å². The van der Waals surface area contributed by atoms with Crippen molar-refractivity contribution in [3.05, 3.63) is 70.8 Å². The normalized spacial score (nSPS) is 16.9. The van der Waals surface area contributed by atoms with E-state index in [1.165, 1.54) is 18.5 Å². The second kappa shape index (κ2) is 8.08. The van der Waals surface area contributed by atoms with Gasteiger partial charge < -0.3 is 15.2 Å². The molecule has 1 unspecified atom stereocenters. The molecule has 8 heteroatoms. The highest BCUT2D eigenvalue weighted by Gasteiger charge is 2.27. The van der Waals surface area contributed by atoms with Gasteiger partial charge >= 0.3 is 0 Å². The highest BCUT2D eigenvalue weighted by molar-refractivity contribution is 6.00. The van der Waals surface area contributed by atoms with E-state index in [2.05, 4.69) is 58.4 Å². The molecule has 178 valence electrons. The highest BCUT2D eigenvalue weighted by Crippen LogP contribution is 2.39. The molecular formula is C27H29N7O. The molecule has 2 aromatic heterocycles. The van der Waals surface area contributed by atoms with E-state index in [-0.39, 0.29) is 11.9 Å². The van der Waals surface area contributed by atoms with Gasteiger partial charge in [-0.25, -0.2) is 9.67 Å². The summed E-state index contributed by atoms with van der Waals surface area (Å²) in [5.41, 5.74) is 8.05. The van der Waals surface area contributed by atoms with Crippen molar-refractivity contribution in [3.8, 4) is 17.1 Å². The van der Waals surface area contributed by atoms with Gasteiger partial charge in [-0.2, -0.15) is 4.98 Å². The van der Waals surface area contributed by atoms with Gasteiger partial charge in [-0.3, -0.25) is 4.79 Å². The lowest BCUT2D eigenvalue weighted by Gasteiger charge is -2.12. The van der Waals surface area contributed by atoms with Crippen LogP contribution in [0.2, 0.25) is 0 Å². The maximum absolute atomic E-state index is 12.2. The predicted octanol–water partition coefficient (Wildman–Crippen LogP) is 5.19. The first-order valence-electron chi connectivity index (χ1n) is 12.2. The average molecular weight is 468 g/mol. The number of aryl methyl sites for hydroxylation is 3. The summed E-state index contributed by atoms with van der Waals surface area (Å²) in [6.45, 7) is 8.83. The summed E-state index contributed by atoms with van der Waals surface area (Å²) >= 11 is 0. The van der Waals surface area contributed by atoms with Gasteiger partial charge in [0.2, 0.25) is 5.95 Å². The van der Waals surface area contributed by atoms with Crippen molar-refractivity contribution in [2.45, 2.75) is 59.0 Å². The van der Waals surface area contributed by atoms with Crippen LogP contribution in [-0.4, -0.2) is 30.2 Å². The molecule has 2 aliphatic rings. The smallest absolute Gasteiger partial charge is 0.252 e. The maximum Gasteiger partial charge on any atom is 0.252 e. The third-order valence-corrected chi connectivity index (χ3v) is 7.02. The number of hydrogen-bond donors (Lipinski definition) is 2. The van der Waals surface area contributed by atoms with Gasteiger partial charge in [0.15, 0.2) is 5.82 Å². The molecule has 8 nitrogen and oxygen atoms in total. The summed E-state index contributed by atoms with van der Waals surface area (Å²) in [5.74, 6) is 1.99. The Labute approximate surface area is 204 Å². The average Bonchev–Trinajstić information content (AvgIpc) is 3.32. The SMILES string of the molecule is CCn1nc(-c2ccc(-n3cnc(C4CC4)c3)cc2C)nc1Nc1cc2c(cc1C)C(=O)NC2C. The lowest BCUT2D eigenvalue weighted by molar-refractivity contribution is 0.0958. The number of imidazole rings is 1. The maximum atomic E-state index is 12.2. The summed E-state index contributed by atoms with van der Waals surface area (Å²) in [4.78, 5) is 21.6. The molecule has 1 atom stereocenters. The van der Waals surface area contributed by atoms with E-state index >= 15 is 0 Å². The number of amides is 1. The Morgan fingerprint density at radius 2 is 1.94 bits per heavy atom. The van der Waals surface area contributed by atoms with E-state index in [9.17, 15) is 4.79 Å². The number of benzene rings is 2. The number of carbonyl (C=O) groups is 1. The number of rotatable bonds is 6. The zero-order chi connectivity index (χ0) is 24.3. The third-order valence-electron chi connectivity index (χ3n) is 7.02. The highest BCUT2D eigenvalue weighted by atomic mass is 16.2. The first-order chi connectivity index (χ1) is 16.9. The van der Waals surface area contributed by atoms with Gasteiger partial charge in [0.1, 0.15) is 0 Å². The third kappa shape index (κ3) is 3.79. The minimum absolute atomic E-state index is 0.00438. The second-order valence-electron chi connectivity index (χ2n) is 9.63. The van der Waals surface area contributed by atoms with Crippen LogP contribution < -0.4 is 10.6 Å². The molecule has 1 fully saturated rings. The van der Waals surface area contributed by atoms with Crippen molar-refractivity contribution in [1.82, 2.24) is 29.6 Å². The Hall–Kier alpha value is -3.94. The van der Waals surface area contributed by atoms with Crippen LogP contribution in [-0.2, 0) is 6.54 Å². The number of hydrogen-bond acceptors (Lipinski definition) is 5. The van der Waals surface area contributed by atoms with E-state index in [1.807, 2.05) is 37.0 Å². The van der Waals surface area contributed by atoms with Crippen LogP contribution in [0.5, 0.6) is 0 Å². The summed E-state index contributed by atoms with van der Waals surface area (Å²) in [7, 11) is 0. The molecule has 2 aromatic carbocycles. The first-order valence-corrected chi connectivity index (χ1v) is 12.2. The van der Waals surface area contributed by atoms with Crippen LogP contribution in [0.25, 0.3) is 17.1 Å². The van der Waals surface area contributed by atoms with Crippen LogP contribution in [0.1, 0.15) is 71.4 Å². The zero-order valence-corrected chi connectivity index (χ0v) is 20.5. The fraction of sp³-hybridized carbons (Fsp3) is 0.333. The van der Waals surface area contributed by atoms with Crippen molar-refractivity contribution in [1.29, 1.82) is 0 Å². The quantitative estimate of drug-likeness (QED) is 0.407. The lowest BCUT2D eigenvalue weighted by Crippen LogP contribution is -2.16. The number of nitrogens with zero attached hydrogens (tertiary/aromatic N) is 5. The Bertz CT molecular complexity index is 1460. The van der Waals surface area contributed by atoms with Crippen molar-refractivity contribution < 1.29 is 4.79 Å². The molecule has 4 aromatic rings. The monoisotopic (exact) mass is 467 g/mol. The molecule has 0 radical (unpaired) electrons. The van der Waals surface area contributed by atoms with E-state index in [0.717, 1.165) is 39.2 Å². The molecule has 2 N–H and O–H groups in total. The van der Waals surface area contributed by atoms with Crippen LogP contribution in [0.3, 0.4) is 0 Å². The van der Waals surface area contributed by atoms with Crippen LogP contribution >= 0.6 is 0 Å². The topological polar surface area (TPSA) is 89.7 Å². The van der Waals surface area contributed by atoms with Crippen LogP contribution in [0.15, 0.2) is 42.9 Å². The molecule has 1 saturated carbocycles. The zero-order valence-electron chi connectivity index (χ0n) is 20.5. The number of fused-ring (bicyclic) bond motifs is 1.